The van der Waals surface area contributed by atoms with Crippen molar-refractivity contribution in [3.05, 3.63) is 48.6 Å². The number of aliphatic hydroxyl groups excluding tert-OH is 8. The number of amides is 1. The Morgan fingerprint density at radius 2 is 0.943 bits per heavy atom. The Morgan fingerprint density at radius 3 is 1.44 bits per heavy atom. The highest BCUT2D eigenvalue weighted by Crippen LogP contribution is 2.30. The van der Waals surface area contributed by atoms with Crippen LogP contribution >= 0.6 is 0 Å². The van der Waals surface area contributed by atoms with Gasteiger partial charge in [0.2, 0.25) is 5.91 Å². The zero-order valence-corrected chi connectivity index (χ0v) is 43.5. The van der Waals surface area contributed by atoms with E-state index < -0.39 is 86.8 Å². The molecule has 0 radical (unpaired) electrons. The summed E-state index contributed by atoms with van der Waals surface area (Å²) in [6.07, 6.45) is 34.4. The minimum atomic E-state index is -1.79. The first kappa shape index (κ1) is 64.1. The van der Waals surface area contributed by atoms with Crippen LogP contribution in [0.4, 0.5) is 0 Å². The number of unbranched alkanes of at least 4 members (excludes halogenated alkanes) is 24. The standard InChI is InChI=1S/C56H101NO13/c1-3-5-7-9-11-13-15-16-17-18-19-20-21-22-23-24-25-26-27-28-30-32-34-36-38-40-48(61)57-44(45(60)39-37-35-33-31-29-14-12-10-8-6-4-2)43-67-55-53(66)51(64)54(47(42-59)69-55)70-56-52(65)50(63)49(62)46(41-58)68-56/h15-16,18-19,21-22,37,39,44-47,49-56,58-60,62-66H,3-14,17,20,23-36,38,40-43H2,1-2H3,(H,57,61)/b16-15-,19-18-,22-21-,39-37+. The SMILES string of the molecule is CCCCCCC/C=C\C/C=C\C/C=C\CCCCCCCCCCCCC(=O)NC(COC1OC(CO)C(OC2OC(CO)C(O)C(O)C2O)C(O)C1O)C(O)/C=C/CCCCCCCCCCC. The average molecular weight is 996 g/mol. The third-order valence-corrected chi connectivity index (χ3v) is 13.5. The van der Waals surface area contributed by atoms with E-state index in [0.29, 0.717) is 6.42 Å². The van der Waals surface area contributed by atoms with Gasteiger partial charge in [0, 0.05) is 6.42 Å². The molecule has 2 aliphatic rings. The molecule has 0 saturated carbocycles. The van der Waals surface area contributed by atoms with Gasteiger partial charge in [-0.1, -0.05) is 191 Å². The molecular formula is C56H101NO13. The lowest BCUT2D eigenvalue weighted by molar-refractivity contribution is -0.359. The molecule has 2 aliphatic heterocycles. The van der Waals surface area contributed by atoms with E-state index in [1.807, 2.05) is 6.08 Å². The summed E-state index contributed by atoms with van der Waals surface area (Å²) in [7, 11) is 0. The normalized spacial score (nSPS) is 26.3. The quantitative estimate of drug-likeness (QED) is 0.0207. The molecule has 2 saturated heterocycles. The Labute approximate surface area is 423 Å². The molecule has 0 aromatic heterocycles. The van der Waals surface area contributed by atoms with Crippen molar-refractivity contribution in [2.45, 2.75) is 280 Å². The van der Waals surface area contributed by atoms with E-state index in [4.69, 9.17) is 18.9 Å². The molecule has 2 rings (SSSR count). The van der Waals surface area contributed by atoms with Gasteiger partial charge in [0.25, 0.3) is 0 Å². The van der Waals surface area contributed by atoms with Crippen LogP contribution in [0.2, 0.25) is 0 Å². The molecular weight excluding hydrogens is 895 g/mol. The molecule has 2 fully saturated rings. The fourth-order valence-corrected chi connectivity index (χ4v) is 8.94. The van der Waals surface area contributed by atoms with Crippen molar-refractivity contribution >= 4 is 5.91 Å². The number of aliphatic hydroxyl groups is 8. The van der Waals surface area contributed by atoms with Crippen LogP contribution in [0.15, 0.2) is 48.6 Å². The average Bonchev–Trinajstić information content (AvgIpc) is 3.36. The van der Waals surface area contributed by atoms with Crippen molar-refractivity contribution in [2.75, 3.05) is 19.8 Å². The fourth-order valence-electron chi connectivity index (χ4n) is 8.94. The number of nitrogens with one attached hydrogen (secondary N) is 1. The van der Waals surface area contributed by atoms with Crippen LogP contribution < -0.4 is 5.32 Å². The minimum absolute atomic E-state index is 0.246. The van der Waals surface area contributed by atoms with E-state index in [-0.39, 0.29) is 18.9 Å². The van der Waals surface area contributed by atoms with Crippen molar-refractivity contribution in [1.29, 1.82) is 0 Å². The largest absolute Gasteiger partial charge is 0.394 e. The Kier molecular flexibility index (Phi) is 38.7. The number of rotatable bonds is 43. The molecule has 14 heteroatoms. The predicted octanol–water partition coefficient (Wildman–Crippen LogP) is 8.44. The lowest BCUT2D eigenvalue weighted by Crippen LogP contribution is -2.65. The van der Waals surface area contributed by atoms with Crippen LogP contribution in [-0.4, -0.2) is 140 Å². The highest BCUT2D eigenvalue weighted by molar-refractivity contribution is 5.76. The van der Waals surface area contributed by atoms with E-state index in [2.05, 4.69) is 55.6 Å². The zero-order chi connectivity index (χ0) is 51.0. The second-order valence-electron chi connectivity index (χ2n) is 19.7. The summed E-state index contributed by atoms with van der Waals surface area (Å²) >= 11 is 0. The number of hydrogen-bond donors (Lipinski definition) is 9. The summed E-state index contributed by atoms with van der Waals surface area (Å²) in [4.78, 5) is 13.2. The van der Waals surface area contributed by atoms with Crippen LogP contribution in [0.25, 0.3) is 0 Å². The van der Waals surface area contributed by atoms with Gasteiger partial charge in [-0.15, -0.1) is 0 Å². The first-order valence-corrected chi connectivity index (χ1v) is 27.9. The Hall–Kier alpha value is -2.05. The second kappa shape index (κ2) is 42.3. The summed E-state index contributed by atoms with van der Waals surface area (Å²) in [5.41, 5.74) is 0. The molecule has 0 aliphatic carbocycles. The van der Waals surface area contributed by atoms with E-state index in [1.165, 1.54) is 122 Å². The third-order valence-electron chi connectivity index (χ3n) is 13.5. The molecule has 1 amide bonds. The minimum Gasteiger partial charge on any atom is -0.394 e. The van der Waals surface area contributed by atoms with Gasteiger partial charge in [0.05, 0.1) is 32.0 Å². The van der Waals surface area contributed by atoms with Crippen molar-refractivity contribution in [3.8, 4) is 0 Å². The van der Waals surface area contributed by atoms with Gasteiger partial charge in [-0.3, -0.25) is 4.79 Å². The molecule has 70 heavy (non-hydrogen) atoms. The van der Waals surface area contributed by atoms with Gasteiger partial charge in [-0.25, -0.2) is 0 Å². The summed E-state index contributed by atoms with van der Waals surface area (Å²) in [6.45, 7) is 2.75. The molecule has 0 aromatic rings. The summed E-state index contributed by atoms with van der Waals surface area (Å²) in [5, 5.41) is 86.8. The molecule has 408 valence electrons. The summed E-state index contributed by atoms with van der Waals surface area (Å²) in [6, 6.07) is -0.916. The Balaban J connectivity index is 1.74. The molecule has 0 aromatic carbocycles. The molecule has 12 unspecified atom stereocenters. The number of carbonyl (C=O) groups excluding carboxylic acids is 1. The van der Waals surface area contributed by atoms with Gasteiger partial charge >= 0.3 is 0 Å². The van der Waals surface area contributed by atoms with E-state index in [1.54, 1.807) is 6.08 Å². The summed E-state index contributed by atoms with van der Waals surface area (Å²) in [5.74, 6) is -0.246. The van der Waals surface area contributed by atoms with Crippen molar-refractivity contribution in [2.24, 2.45) is 0 Å². The number of ether oxygens (including phenoxy) is 4. The van der Waals surface area contributed by atoms with E-state index in [9.17, 15) is 45.6 Å². The molecule has 2 heterocycles. The number of carbonyl (C=O) groups is 1. The highest BCUT2D eigenvalue weighted by Gasteiger charge is 2.51. The van der Waals surface area contributed by atoms with Crippen LogP contribution in [0.1, 0.15) is 206 Å². The Bertz CT molecular complexity index is 1360. The maximum absolute atomic E-state index is 13.2. The van der Waals surface area contributed by atoms with Crippen LogP contribution in [-0.2, 0) is 23.7 Å². The molecule has 14 nitrogen and oxygen atoms in total. The van der Waals surface area contributed by atoms with Crippen LogP contribution in [0, 0.1) is 0 Å². The van der Waals surface area contributed by atoms with Crippen molar-refractivity contribution in [1.82, 2.24) is 5.32 Å². The lowest BCUT2D eigenvalue weighted by Gasteiger charge is -2.46. The van der Waals surface area contributed by atoms with Gasteiger partial charge < -0.3 is 65.1 Å². The lowest BCUT2D eigenvalue weighted by atomic mass is 9.97. The first-order chi connectivity index (χ1) is 34.1. The molecule has 9 N–H and O–H groups in total. The molecule has 12 atom stereocenters. The van der Waals surface area contributed by atoms with Crippen molar-refractivity contribution < 1.29 is 64.6 Å². The van der Waals surface area contributed by atoms with Crippen LogP contribution in [0.5, 0.6) is 0 Å². The Morgan fingerprint density at radius 1 is 0.514 bits per heavy atom. The van der Waals surface area contributed by atoms with E-state index in [0.717, 1.165) is 57.8 Å². The maximum Gasteiger partial charge on any atom is 0.220 e. The van der Waals surface area contributed by atoms with Gasteiger partial charge in [0.15, 0.2) is 12.6 Å². The number of allylic oxidation sites excluding steroid dienone is 7. The second-order valence-corrected chi connectivity index (χ2v) is 19.7. The van der Waals surface area contributed by atoms with Crippen LogP contribution in [0.3, 0.4) is 0 Å². The highest BCUT2D eigenvalue weighted by atomic mass is 16.7. The topological polar surface area (TPSA) is 228 Å². The van der Waals surface area contributed by atoms with Crippen molar-refractivity contribution in [3.63, 3.8) is 0 Å². The first-order valence-electron chi connectivity index (χ1n) is 27.9. The van der Waals surface area contributed by atoms with Gasteiger partial charge in [0.1, 0.15) is 48.8 Å². The monoisotopic (exact) mass is 996 g/mol. The fraction of sp³-hybridized carbons (Fsp3) is 0.839. The third kappa shape index (κ3) is 28.4. The molecule has 0 bridgehead atoms. The summed E-state index contributed by atoms with van der Waals surface area (Å²) < 4.78 is 22.7. The van der Waals surface area contributed by atoms with Gasteiger partial charge in [-0.05, 0) is 57.8 Å². The zero-order valence-electron chi connectivity index (χ0n) is 43.5. The smallest absolute Gasteiger partial charge is 0.220 e. The maximum atomic E-state index is 13.2. The number of hydrogen-bond acceptors (Lipinski definition) is 13. The van der Waals surface area contributed by atoms with E-state index >= 15 is 0 Å². The van der Waals surface area contributed by atoms with Gasteiger partial charge in [-0.2, -0.15) is 0 Å². The predicted molar refractivity (Wildman–Crippen MR) is 277 cm³/mol. The molecule has 0 spiro atoms.